The van der Waals surface area contributed by atoms with Gasteiger partial charge in [0.1, 0.15) is 6.61 Å². The van der Waals surface area contributed by atoms with Crippen LogP contribution in [0.4, 0.5) is 4.39 Å². The van der Waals surface area contributed by atoms with E-state index in [0.29, 0.717) is 12.6 Å². The van der Waals surface area contributed by atoms with Gasteiger partial charge < -0.3 is 10.1 Å². The third kappa shape index (κ3) is 2.38. The van der Waals surface area contributed by atoms with Crippen LogP contribution in [0.3, 0.4) is 0 Å². The molecule has 2 heterocycles. The van der Waals surface area contributed by atoms with Crippen LogP contribution in [0, 0.1) is 5.82 Å². The zero-order chi connectivity index (χ0) is 9.80. The summed E-state index contributed by atoms with van der Waals surface area (Å²) in [7, 11) is 0. The van der Waals surface area contributed by atoms with Crippen molar-refractivity contribution < 1.29 is 9.13 Å². The zero-order valence-electron chi connectivity index (χ0n) is 7.74. The highest BCUT2D eigenvalue weighted by Crippen LogP contribution is 2.07. The monoisotopic (exact) mass is 197 g/mol. The molecule has 1 atom stereocenters. The van der Waals surface area contributed by atoms with Crippen LogP contribution in [0.2, 0.25) is 0 Å². The van der Waals surface area contributed by atoms with E-state index in [0.717, 1.165) is 25.4 Å². The molecule has 14 heavy (non-hydrogen) atoms. The smallest absolute Gasteiger partial charge is 0.316 e. The quantitative estimate of drug-likeness (QED) is 0.776. The van der Waals surface area contributed by atoms with Crippen molar-refractivity contribution in [3.8, 4) is 6.01 Å². The molecule has 1 saturated heterocycles. The Hall–Kier alpha value is -1.23. The third-order valence-corrected chi connectivity index (χ3v) is 2.17. The van der Waals surface area contributed by atoms with Crippen molar-refractivity contribution in [2.45, 2.75) is 18.9 Å². The molecule has 5 heteroatoms. The fraction of sp³-hybridized carbons (Fsp3) is 0.556. The summed E-state index contributed by atoms with van der Waals surface area (Å²) in [4.78, 5) is 7.41. The summed E-state index contributed by atoms with van der Waals surface area (Å²) in [5.41, 5.74) is 0. The van der Waals surface area contributed by atoms with Crippen LogP contribution in [0.15, 0.2) is 12.4 Å². The molecule has 1 N–H and O–H groups in total. The van der Waals surface area contributed by atoms with Crippen LogP contribution in [0.5, 0.6) is 6.01 Å². The average molecular weight is 197 g/mol. The molecule has 0 aromatic carbocycles. The van der Waals surface area contributed by atoms with E-state index in [4.69, 9.17) is 4.74 Å². The van der Waals surface area contributed by atoms with Gasteiger partial charge in [0.2, 0.25) is 0 Å². The number of hydrogen-bond acceptors (Lipinski definition) is 4. The van der Waals surface area contributed by atoms with Crippen LogP contribution in [-0.4, -0.2) is 29.2 Å². The van der Waals surface area contributed by atoms with E-state index in [9.17, 15) is 4.39 Å². The first-order valence-electron chi connectivity index (χ1n) is 4.68. The van der Waals surface area contributed by atoms with Gasteiger partial charge in [-0.1, -0.05) is 0 Å². The molecule has 1 aliphatic rings. The molecule has 1 aromatic heterocycles. The largest absolute Gasteiger partial charge is 0.462 e. The minimum Gasteiger partial charge on any atom is -0.462 e. The van der Waals surface area contributed by atoms with Gasteiger partial charge in [-0.3, -0.25) is 0 Å². The molecule has 76 valence electrons. The fourth-order valence-corrected chi connectivity index (χ4v) is 1.45. The van der Waals surface area contributed by atoms with Gasteiger partial charge in [0, 0.05) is 6.04 Å². The Balaban J connectivity index is 1.82. The van der Waals surface area contributed by atoms with Crippen LogP contribution < -0.4 is 10.1 Å². The minimum absolute atomic E-state index is 0.236. The lowest BCUT2D eigenvalue weighted by Gasteiger charge is -2.09. The second-order valence-electron chi connectivity index (χ2n) is 3.29. The number of nitrogens with zero attached hydrogens (tertiary/aromatic N) is 2. The Labute approximate surface area is 81.5 Å². The molecule has 1 aliphatic heterocycles. The molecule has 0 radical (unpaired) electrons. The van der Waals surface area contributed by atoms with E-state index in [-0.39, 0.29) is 6.01 Å². The maximum absolute atomic E-state index is 12.4. The molecule has 0 aliphatic carbocycles. The van der Waals surface area contributed by atoms with Gasteiger partial charge in [-0.25, -0.2) is 14.4 Å². The standard InChI is InChI=1S/C9H12FN3O/c10-7-4-12-9(13-5-7)14-6-8-2-1-3-11-8/h4-5,8,11H,1-3,6H2. The Kier molecular flexibility index (Phi) is 2.88. The molecule has 0 saturated carbocycles. The molecule has 2 rings (SSSR count). The Morgan fingerprint density at radius 3 is 2.93 bits per heavy atom. The highest BCUT2D eigenvalue weighted by Gasteiger charge is 2.14. The van der Waals surface area contributed by atoms with E-state index >= 15 is 0 Å². The molecule has 1 unspecified atom stereocenters. The molecule has 4 nitrogen and oxygen atoms in total. The lowest BCUT2D eigenvalue weighted by atomic mass is 10.2. The van der Waals surface area contributed by atoms with Gasteiger partial charge in [0.05, 0.1) is 12.4 Å². The summed E-state index contributed by atoms with van der Waals surface area (Å²) in [6, 6.07) is 0.615. The van der Waals surface area contributed by atoms with Gasteiger partial charge in [-0.15, -0.1) is 0 Å². The normalized spacial score (nSPS) is 21.1. The predicted octanol–water partition coefficient (Wildman–Crippen LogP) is 0.747. The maximum atomic E-state index is 12.4. The highest BCUT2D eigenvalue weighted by molar-refractivity contribution is 4.96. The third-order valence-electron chi connectivity index (χ3n) is 2.17. The van der Waals surface area contributed by atoms with E-state index in [1.165, 1.54) is 6.42 Å². The van der Waals surface area contributed by atoms with E-state index in [1.54, 1.807) is 0 Å². The topological polar surface area (TPSA) is 47.0 Å². The Morgan fingerprint density at radius 2 is 2.29 bits per heavy atom. The van der Waals surface area contributed by atoms with Gasteiger partial charge in [-0.2, -0.15) is 0 Å². The van der Waals surface area contributed by atoms with Gasteiger partial charge in [0.15, 0.2) is 5.82 Å². The summed E-state index contributed by atoms with van der Waals surface area (Å²) in [6.07, 6.45) is 4.49. The average Bonchev–Trinajstić information content (AvgIpc) is 2.70. The number of nitrogens with one attached hydrogen (secondary N) is 1. The second-order valence-corrected chi connectivity index (χ2v) is 3.29. The van der Waals surface area contributed by atoms with Crippen molar-refractivity contribution in [3.05, 3.63) is 18.2 Å². The Morgan fingerprint density at radius 1 is 1.50 bits per heavy atom. The molecular weight excluding hydrogens is 185 g/mol. The summed E-state index contributed by atoms with van der Waals surface area (Å²) in [6.45, 7) is 1.59. The van der Waals surface area contributed by atoms with Crippen LogP contribution in [-0.2, 0) is 0 Å². The summed E-state index contributed by atoms with van der Waals surface area (Å²) >= 11 is 0. The van der Waals surface area contributed by atoms with E-state index < -0.39 is 5.82 Å². The fourth-order valence-electron chi connectivity index (χ4n) is 1.45. The Bertz CT molecular complexity index is 285. The number of halogens is 1. The summed E-state index contributed by atoms with van der Waals surface area (Å²) in [5, 5.41) is 3.28. The van der Waals surface area contributed by atoms with Gasteiger partial charge >= 0.3 is 6.01 Å². The number of hydrogen-bond donors (Lipinski definition) is 1. The minimum atomic E-state index is -0.448. The predicted molar refractivity (Wildman–Crippen MR) is 48.5 cm³/mol. The molecule has 1 fully saturated rings. The van der Waals surface area contributed by atoms with Crippen molar-refractivity contribution in [3.63, 3.8) is 0 Å². The van der Waals surface area contributed by atoms with Crippen molar-refractivity contribution in [2.24, 2.45) is 0 Å². The first-order chi connectivity index (χ1) is 6.84. The second kappa shape index (κ2) is 4.32. The SMILES string of the molecule is Fc1cnc(OCC2CCCN2)nc1. The van der Waals surface area contributed by atoms with Crippen LogP contribution in [0.25, 0.3) is 0 Å². The van der Waals surface area contributed by atoms with Crippen molar-refractivity contribution in [2.75, 3.05) is 13.2 Å². The van der Waals surface area contributed by atoms with Gasteiger partial charge in [0.25, 0.3) is 0 Å². The number of aromatic nitrogens is 2. The summed E-state index contributed by atoms with van der Waals surface area (Å²) in [5.74, 6) is -0.448. The number of ether oxygens (including phenoxy) is 1. The lowest BCUT2D eigenvalue weighted by molar-refractivity contribution is 0.256. The van der Waals surface area contributed by atoms with Crippen LogP contribution >= 0.6 is 0 Å². The first kappa shape index (κ1) is 9.33. The molecule has 1 aromatic rings. The molecular formula is C9H12FN3O. The first-order valence-corrected chi connectivity index (χ1v) is 4.68. The maximum Gasteiger partial charge on any atom is 0.316 e. The molecule has 0 spiro atoms. The van der Waals surface area contributed by atoms with Crippen LogP contribution in [0.1, 0.15) is 12.8 Å². The van der Waals surface area contributed by atoms with E-state index in [2.05, 4.69) is 15.3 Å². The van der Waals surface area contributed by atoms with E-state index in [1.807, 2.05) is 0 Å². The molecule has 0 amide bonds. The lowest BCUT2D eigenvalue weighted by Crippen LogP contribution is -2.28. The highest BCUT2D eigenvalue weighted by atomic mass is 19.1. The molecule has 0 bridgehead atoms. The van der Waals surface area contributed by atoms with Crippen molar-refractivity contribution in [1.29, 1.82) is 0 Å². The van der Waals surface area contributed by atoms with Gasteiger partial charge in [-0.05, 0) is 19.4 Å². The van der Waals surface area contributed by atoms with Crippen molar-refractivity contribution >= 4 is 0 Å². The zero-order valence-corrected chi connectivity index (χ0v) is 7.74. The van der Waals surface area contributed by atoms with Crippen molar-refractivity contribution in [1.82, 2.24) is 15.3 Å². The summed E-state index contributed by atoms with van der Waals surface area (Å²) < 4.78 is 17.7. The number of rotatable bonds is 3.